The van der Waals surface area contributed by atoms with E-state index in [4.69, 9.17) is 0 Å². The molecular weight excluding hydrogens is 364 g/mol. The predicted octanol–water partition coefficient (Wildman–Crippen LogP) is 1.07. The molecule has 0 unspecified atom stereocenters. The largest absolute Gasteiger partial charge is 0.355 e. The zero-order valence-electron chi connectivity index (χ0n) is 14.0. The van der Waals surface area contributed by atoms with E-state index in [0.717, 1.165) is 17.3 Å². The summed E-state index contributed by atoms with van der Waals surface area (Å²) in [5.74, 6) is -2.23. The number of rotatable bonds is 6. The van der Waals surface area contributed by atoms with E-state index in [-0.39, 0.29) is 30.5 Å². The van der Waals surface area contributed by atoms with Crippen LogP contribution in [0.1, 0.15) is 10.4 Å². The first kappa shape index (κ1) is 18.3. The maximum atomic E-state index is 13.2. The highest BCUT2D eigenvalue weighted by Gasteiger charge is 2.36. The molecule has 1 fully saturated rings. The minimum Gasteiger partial charge on any atom is -0.355 e. The van der Waals surface area contributed by atoms with E-state index in [0.29, 0.717) is 12.3 Å². The van der Waals surface area contributed by atoms with Crippen molar-refractivity contribution < 1.29 is 18.4 Å². The molecule has 0 spiro atoms. The summed E-state index contributed by atoms with van der Waals surface area (Å²) in [5.41, 5.74) is 0.0721. The van der Waals surface area contributed by atoms with Crippen molar-refractivity contribution in [1.82, 2.24) is 25.0 Å². The number of nitrogens with zero attached hydrogens (tertiary/aromatic N) is 4. The number of likely N-dealkylation sites (tertiary alicyclic amines) is 1. The van der Waals surface area contributed by atoms with Gasteiger partial charge in [0.05, 0.1) is 5.92 Å². The monoisotopic (exact) mass is 381 g/mol. The molecule has 3 rings (SSSR count). The van der Waals surface area contributed by atoms with Gasteiger partial charge in [0.2, 0.25) is 5.91 Å². The molecule has 2 amide bonds. The minimum atomic E-state index is -1.06. The van der Waals surface area contributed by atoms with Crippen molar-refractivity contribution in [3.8, 4) is 0 Å². The zero-order valence-corrected chi connectivity index (χ0v) is 14.8. The smallest absolute Gasteiger partial charge is 0.254 e. The molecule has 0 saturated carbocycles. The van der Waals surface area contributed by atoms with Gasteiger partial charge >= 0.3 is 0 Å². The van der Waals surface area contributed by atoms with Crippen molar-refractivity contribution >= 4 is 23.6 Å². The Labute approximate surface area is 152 Å². The highest BCUT2D eigenvalue weighted by molar-refractivity contribution is 7.99. The molecule has 2 heterocycles. The van der Waals surface area contributed by atoms with Gasteiger partial charge in [0.25, 0.3) is 5.91 Å². The van der Waals surface area contributed by atoms with Crippen LogP contribution in [0.3, 0.4) is 0 Å². The van der Waals surface area contributed by atoms with Crippen LogP contribution in [-0.4, -0.2) is 56.9 Å². The summed E-state index contributed by atoms with van der Waals surface area (Å²) >= 11 is 1.48. The number of nitrogens with one attached hydrogen (secondary N) is 1. The number of hydrogen-bond acceptors (Lipinski definition) is 5. The lowest BCUT2D eigenvalue weighted by molar-refractivity contribution is -0.128. The standard InChI is InChI=1S/C16H17F2N5O2S/c1-22-9-20-21-16(22)26-5-4-19-14(24)11-7-23(8-11)15(25)10-2-3-12(17)13(18)6-10/h2-3,6,9,11H,4-5,7-8H2,1H3,(H,19,24). The van der Waals surface area contributed by atoms with Gasteiger partial charge in [-0.3, -0.25) is 9.59 Å². The summed E-state index contributed by atoms with van der Waals surface area (Å²) in [4.78, 5) is 25.7. The number of aryl methyl sites for hydroxylation is 1. The third kappa shape index (κ3) is 4.01. The molecule has 138 valence electrons. The molecule has 1 aliphatic rings. The summed E-state index contributed by atoms with van der Waals surface area (Å²) in [5, 5.41) is 11.3. The molecule has 0 atom stereocenters. The number of carbonyl (C=O) groups excluding carboxylic acids is 2. The van der Waals surface area contributed by atoms with Gasteiger partial charge in [0, 0.05) is 38.0 Å². The molecule has 1 aromatic heterocycles. The molecule has 0 aliphatic carbocycles. The van der Waals surface area contributed by atoms with Gasteiger partial charge in [0.1, 0.15) is 6.33 Å². The van der Waals surface area contributed by atoms with Crippen LogP contribution in [0.4, 0.5) is 8.78 Å². The number of thioether (sulfide) groups is 1. The van der Waals surface area contributed by atoms with E-state index in [1.807, 2.05) is 7.05 Å². The normalized spacial score (nSPS) is 14.2. The average molecular weight is 381 g/mol. The van der Waals surface area contributed by atoms with E-state index >= 15 is 0 Å². The van der Waals surface area contributed by atoms with E-state index in [1.165, 1.54) is 22.7 Å². The Morgan fingerprint density at radius 1 is 1.31 bits per heavy atom. The van der Waals surface area contributed by atoms with E-state index in [2.05, 4.69) is 15.5 Å². The number of benzene rings is 1. The van der Waals surface area contributed by atoms with Crippen molar-refractivity contribution in [3.63, 3.8) is 0 Å². The minimum absolute atomic E-state index is 0.0721. The SMILES string of the molecule is Cn1cnnc1SCCNC(=O)C1CN(C(=O)c2ccc(F)c(F)c2)C1. The van der Waals surface area contributed by atoms with Crippen molar-refractivity contribution in [2.24, 2.45) is 13.0 Å². The molecule has 7 nitrogen and oxygen atoms in total. The fraction of sp³-hybridized carbons (Fsp3) is 0.375. The van der Waals surface area contributed by atoms with Crippen LogP contribution in [-0.2, 0) is 11.8 Å². The molecule has 0 radical (unpaired) electrons. The summed E-state index contributed by atoms with van der Waals surface area (Å²) in [6, 6.07) is 3.02. The first-order valence-corrected chi connectivity index (χ1v) is 8.93. The second-order valence-electron chi connectivity index (χ2n) is 5.90. The van der Waals surface area contributed by atoms with Crippen LogP contribution >= 0.6 is 11.8 Å². The Balaban J connectivity index is 1.39. The summed E-state index contributed by atoms with van der Waals surface area (Å²) in [7, 11) is 1.84. The molecule has 2 aromatic rings. The second kappa shape index (κ2) is 7.81. The molecule has 26 heavy (non-hydrogen) atoms. The number of hydrogen-bond donors (Lipinski definition) is 1. The quantitative estimate of drug-likeness (QED) is 0.598. The Bertz CT molecular complexity index is 823. The Kier molecular flexibility index (Phi) is 5.50. The van der Waals surface area contributed by atoms with Gasteiger partial charge in [-0.1, -0.05) is 11.8 Å². The van der Waals surface area contributed by atoms with Crippen molar-refractivity contribution in [2.45, 2.75) is 5.16 Å². The summed E-state index contributed by atoms with van der Waals surface area (Å²) < 4.78 is 27.9. The first-order chi connectivity index (χ1) is 12.5. The maximum absolute atomic E-state index is 13.2. The van der Waals surface area contributed by atoms with Crippen LogP contribution in [0.5, 0.6) is 0 Å². The van der Waals surface area contributed by atoms with Crippen LogP contribution in [0.2, 0.25) is 0 Å². The van der Waals surface area contributed by atoms with Crippen LogP contribution in [0, 0.1) is 17.6 Å². The summed E-state index contributed by atoms with van der Waals surface area (Å²) in [6.45, 7) is 1.00. The Morgan fingerprint density at radius 3 is 2.73 bits per heavy atom. The van der Waals surface area contributed by atoms with E-state index in [1.54, 1.807) is 10.9 Å². The predicted molar refractivity (Wildman–Crippen MR) is 90.5 cm³/mol. The molecule has 10 heteroatoms. The van der Waals surface area contributed by atoms with Gasteiger partial charge in [-0.15, -0.1) is 10.2 Å². The zero-order chi connectivity index (χ0) is 18.7. The van der Waals surface area contributed by atoms with Crippen LogP contribution in [0.25, 0.3) is 0 Å². The number of aromatic nitrogens is 3. The molecule has 1 aliphatic heterocycles. The molecule has 1 aromatic carbocycles. The van der Waals surface area contributed by atoms with E-state index in [9.17, 15) is 18.4 Å². The lowest BCUT2D eigenvalue weighted by Crippen LogP contribution is -2.55. The van der Waals surface area contributed by atoms with Gasteiger partial charge in [-0.05, 0) is 18.2 Å². The van der Waals surface area contributed by atoms with Gasteiger partial charge in [-0.2, -0.15) is 0 Å². The molecular formula is C16H17F2N5O2S. The third-order valence-corrected chi connectivity index (χ3v) is 5.04. The Hall–Kier alpha value is -2.49. The summed E-state index contributed by atoms with van der Waals surface area (Å²) in [6.07, 6.45) is 1.61. The number of halogens is 2. The van der Waals surface area contributed by atoms with E-state index < -0.39 is 17.5 Å². The molecule has 1 N–H and O–H groups in total. The topological polar surface area (TPSA) is 80.1 Å². The highest BCUT2D eigenvalue weighted by atomic mass is 32.2. The van der Waals surface area contributed by atoms with Crippen molar-refractivity contribution in [3.05, 3.63) is 41.7 Å². The Morgan fingerprint density at radius 2 is 2.08 bits per heavy atom. The molecule has 0 bridgehead atoms. The van der Waals surface area contributed by atoms with Crippen LogP contribution < -0.4 is 5.32 Å². The maximum Gasteiger partial charge on any atom is 0.254 e. The average Bonchev–Trinajstić information content (AvgIpc) is 2.97. The van der Waals surface area contributed by atoms with Gasteiger partial charge in [-0.25, -0.2) is 8.78 Å². The lowest BCUT2D eigenvalue weighted by atomic mass is 9.98. The lowest BCUT2D eigenvalue weighted by Gasteiger charge is -2.38. The van der Waals surface area contributed by atoms with Gasteiger partial charge in [0.15, 0.2) is 16.8 Å². The van der Waals surface area contributed by atoms with Crippen molar-refractivity contribution in [2.75, 3.05) is 25.4 Å². The number of carbonyl (C=O) groups is 2. The molecule has 1 saturated heterocycles. The first-order valence-electron chi connectivity index (χ1n) is 7.94. The van der Waals surface area contributed by atoms with Crippen molar-refractivity contribution in [1.29, 1.82) is 0 Å². The third-order valence-electron chi connectivity index (χ3n) is 4.01. The fourth-order valence-electron chi connectivity index (χ4n) is 2.49. The highest BCUT2D eigenvalue weighted by Crippen LogP contribution is 2.20. The fourth-order valence-corrected chi connectivity index (χ4v) is 3.23. The van der Waals surface area contributed by atoms with Crippen LogP contribution in [0.15, 0.2) is 29.7 Å². The number of amides is 2. The van der Waals surface area contributed by atoms with Gasteiger partial charge < -0.3 is 14.8 Å². The second-order valence-corrected chi connectivity index (χ2v) is 6.96.